The van der Waals surface area contributed by atoms with Crippen molar-refractivity contribution in [2.24, 2.45) is 4.99 Å². The van der Waals surface area contributed by atoms with Gasteiger partial charge in [-0.05, 0) is 94.9 Å². The minimum Gasteiger partial charge on any atom is -0.495 e. The SMILES string of the molecule is CCOC(=O)C1=C(C)N=c2s/c(=C\c3cc(I)cc(I)c3OC)c(=O)n2[C@H]1c1cc(OC)c(OC)cc1Br. The molecule has 2 heterocycles. The molecule has 0 bridgehead atoms. The van der Waals surface area contributed by atoms with Gasteiger partial charge in [-0.15, -0.1) is 0 Å². The molecule has 1 aliphatic rings. The summed E-state index contributed by atoms with van der Waals surface area (Å²) < 4.78 is 26.6. The predicted octanol–water partition coefficient (Wildman–Crippen LogP) is 4.80. The maximum atomic E-state index is 14.0. The zero-order chi connectivity index (χ0) is 27.7. The Hall–Kier alpha value is -1.91. The molecule has 0 N–H and O–H groups in total. The lowest BCUT2D eigenvalue weighted by Crippen LogP contribution is -2.40. The van der Waals surface area contributed by atoms with Crippen LogP contribution in [0.25, 0.3) is 6.08 Å². The zero-order valence-electron chi connectivity index (χ0n) is 21.1. The van der Waals surface area contributed by atoms with Crippen LogP contribution in [0, 0.1) is 7.14 Å². The number of halogens is 3. The molecule has 0 amide bonds. The van der Waals surface area contributed by atoms with Gasteiger partial charge in [-0.3, -0.25) is 9.36 Å². The van der Waals surface area contributed by atoms with Crippen molar-refractivity contribution in [3.05, 3.63) is 78.0 Å². The number of carbonyl (C=O) groups is 1. The van der Waals surface area contributed by atoms with Gasteiger partial charge < -0.3 is 18.9 Å². The summed E-state index contributed by atoms with van der Waals surface area (Å²) in [6.45, 7) is 3.67. The van der Waals surface area contributed by atoms with Crippen LogP contribution < -0.4 is 29.1 Å². The number of hydrogen-bond acceptors (Lipinski definition) is 8. The topological polar surface area (TPSA) is 88.4 Å². The molecule has 0 fully saturated rings. The molecule has 1 aromatic heterocycles. The van der Waals surface area contributed by atoms with Crippen LogP contribution in [0.4, 0.5) is 0 Å². The lowest BCUT2D eigenvalue weighted by molar-refractivity contribution is -0.139. The fraction of sp³-hybridized carbons (Fsp3) is 0.269. The molecule has 0 saturated carbocycles. The van der Waals surface area contributed by atoms with Gasteiger partial charge in [0, 0.05) is 13.6 Å². The minimum atomic E-state index is -0.806. The Morgan fingerprint density at radius 1 is 1.13 bits per heavy atom. The molecule has 0 spiro atoms. The molecule has 2 aromatic carbocycles. The number of allylic oxidation sites excluding steroid dienone is 1. The molecular weight excluding hydrogens is 802 g/mol. The maximum absolute atomic E-state index is 14.0. The van der Waals surface area contributed by atoms with Gasteiger partial charge in [0.2, 0.25) is 0 Å². The summed E-state index contributed by atoms with van der Waals surface area (Å²) in [7, 11) is 4.68. The Morgan fingerprint density at radius 3 is 2.45 bits per heavy atom. The third kappa shape index (κ3) is 5.41. The number of rotatable bonds is 7. The molecule has 200 valence electrons. The number of methoxy groups -OCH3 is 3. The molecule has 3 aromatic rings. The molecule has 12 heteroatoms. The monoisotopic (exact) mass is 824 g/mol. The van der Waals surface area contributed by atoms with Gasteiger partial charge >= 0.3 is 5.97 Å². The second kappa shape index (κ2) is 12.1. The number of fused-ring (bicyclic) bond motifs is 1. The van der Waals surface area contributed by atoms with Crippen molar-refractivity contribution in [1.82, 2.24) is 4.57 Å². The van der Waals surface area contributed by atoms with E-state index in [4.69, 9.17) is 18.9 Å². The van der Waals surface area contributed by atoms with Gasteiger partial charge in [-0.25, -0.2) is 9.79 Å². The van der Waals surface area contributed by atoms with Crippen molar-refractivity contribution in [3.63, 3.8) is 0 Å². The van der Waals surface area contributed by atoms with Crippen LogP contribution in [-0.4, -0.2) is 38.5 Å². The molecular formula is C26H23BrI2N2O6S. The van der Waals surface area contributed by atoms with E-state index in [1.807, 2.05) is 12.1 Å². The summed E-state index contributed by atoms with van der Waals surface area (Å²) in [6, 6.07) is 6.66. The second-order valence-corrected chi connectivity index (χ2v) is 12.3. The van der Waals surface area contributed by atoms with E-state index in [0.717, 1.165) is 12.7 Å². The number of esters is 1. The van der Waals surface area contributed by atoms with Crippen molar-refractivity contribution in [2.45, 2.75) is 19.9 Å². The third-order valence-electron chi connectivity index (χ3n) is 5.84. The number of benzene rings is 2. The largest absolute Gasteiger partial charge is 0.495 e. The van der Waals surface area contributed by atoms with E-state index in [-0.39, 0.29) is 17.7 Å². The van der Waals surface area contributed by atoms with Crippen molar-refractivity contribution in [1.29, 1.82) is 0 Å². The molecule has 0 radical (unpaired) electrons. The van der Waals surface area contributed by atoms with Crippen LogP contribution in [-0.2, 0) is 9.53 Å². The van der Waals surface area contributed by atoms with E-state index in [9.17, 15) is 9.59 Å². The highest BCUT2D eigenvalue weighted by Gasteiger charge is 2.35. The zero-order valence-corrected chi connectivity index (χ0v) is 27.8. The van der Waals surface area contributed by atoms with Gasteiger partial charge in [0.15, 0.2) is 16.3 Å². The first kappa shape index (κ1) is 29.1. The first-order chi connectivity index (χ1) is 18.1. The summed E-state index contributed by atoms with van der Waals surface area (Å²) in [5.74, 6) is 1.11. The summed E-state index contributed by atoms with van der Waals surface area (Å²) in [4.78, 5) is 32.3. The first-order valence-electron chi connectivity index (χ1n) is 11.3. The van der Waals surface area contributed by atoms with Crippen LogP contribution in [0.2, 0.25) is 0 Å². The molecule has 4 rings (SSSR count). The highest BCUT2D eigenvalue weighted by Crippen LogP contribution is 2.40. The Balaban J connectivity index is 2.04. The molecule has 0 aliphatic carbocycles. The van der Waals surface area contributed by atoms with Crippen LogP contribution in [0.15, 0.2) is 49.8 Å². The van der Waals surface area contributed by atoms with Crippen molar-refractivity contribution < 1.29 is 23.7 Å². The van der Waals surface area contributed by atoms with Crippen molar-refractivity contribution >= 4 is 84.5 Å². The van der Waals surface area contributed by atoms with Gasteiger partial charge in [-0.1, -0.05) is 27.3 Å². The number of aromatic nitrogens is 1. The van der Waals surface area contributed by atoms with Crippen LogP contribution in [0.3, 0.4) is 0 Å². The number of nitrogens with zero attached hydrogens (tertiary/aromatic N) is 2. The van der Waals surface area contributed by atoms with Crippen LogP contribution >= 0.6 is 72.4 Å². The molecule has 8 nitrogen and oxygen atoms in total. The Labute approximate surface area is 258 Å². The van der Waals surface area contributed by atoms with Crippen molar-refractivity contribution in [2.75, 3.05) is 27.9 Å². The number of thiazole rings is 1. The summed E-state index contributed by atoms with van der Waals surface area (Å²) >= 11 is 9.31. The smallest absolute Gasteiger partial charge is 0.338 e. The average molecular weight is 825 g/mol. The van der Waals surface area contributed by atoms with E-state index in [2.05, 4.69) is 66.1 Å². The molecule has 0 saturated heterocycles. The van der Waals surface area contributed by atoms with Crippen LogP contribution in [0.1, 0.15) is 31.0 Å². The number of ether oxygens (including phenoxy) is 4. The average Bonchev–Trinajstić information content (AvgIpc) is 3.17. The Kier molecular flexibility index (Phi) is 9.25. The van der Waals surface area contributed by atoms with Crippen LogP contribution in [0.5, 0.6) is 17.2 Å². The first-order valence-corrected chi connectivity index (χ1v) is 15.1. The van der Waals surface area contributed by atoms with Gasteiger partial charge in [0.25, 0.3) is 5.56 Å². The lowest BCUT2D eigenvalue weighted by atomic mass is 9.95. The van der Waals surface area contributed by atoms with Gasteiger partial charge in [0.1, 0.15) is 5.75 Å². The van der Waals surface area contributed by atoms with E-state index >= 15 is 0 Å². The summed E-state index contributed by atoms with van der Waals surface area (Å²) in [6.07, 6.45) is 1.80. The number of hydrogen-bond donors (Lipinski definition) is 0. The van der Waals surface area contributed by atoms with Gasteiger partial charge in [0.05, 0.1) is 53.4 Å². The normalized spacial score (nSPS) is 15.2. The Morgan fingerprint density at radius 2 is 1.82 bits per heavy atom. The molecule has 38 heavy (non-hydrogen) atoms. The standard InChI is InChI=1S/C26H23BrI2N2O6S/c1-6-37-25(33)21-12(2)30-26-31(22(21)15-10-18(34-3)19(35-4)11-16(15)27)24(32)20(38-26)8-13-7-14(28)9-17(29)23(13)36-5/h7-11,22H,6H2,1-5H3/b20-8-/t22-/m0/s1. The Bertz CT molecular complexity index is 1650. The van der Waals surface area contributed by atoms with Crippen molar-refractivity contribution in [3.8, 4) is 17.2 Å². The minimum absolute atomic E-state index is 0.185. The molecule has 1 atom stereocenters. The van der Waals surface area contributed by atoms with E-state index in [0.29, 0.717) is 42.3 Å². The summed E-state index contributed by atoms with van der Waals surface area (Å²) in [5.41, 5.74) is 1.88. The molecule has 0 unspecified atom stereocenters. The quantitative estimate of drug-likeness (QED) is 0.252. The van der Waals surface area contributed by atoms with E-state index < -0.39 is 12.0 Å². The van der Waals surface area contributed by atoms with Gasteiger partial charge in [-0.2, -0.15) is 0 Å². The maximum Gasteiger partial charge on any atom is 0.338 e. The van der Waals surface area contributed by atoms with E-state index in [1.165, 1.54) is 23.0 Å². The lowest BCUT2D eigenvalue weighted by Gasteiger charge is -2.26. The summed E-state index contributed by atoms with van der Waals surface area (Å²) in [5, 5.41) is 0. The third-order valence-corrected chi connectivity index (χ3v) is 8.94. The fourth-order valence-corrected chi connectivity index (χ4v) is 7.90. The fourth-order valence-electron chi connectivity index (χ4n) is 4.21. The highest BCUT2D eigenvalue weighted by atomic mass is 127. The molecule has 1 aliphatic heterocycles. The second-order valence-electron chi connectivity index (χ2n) is 8.04. The predicted molar refractivity (Wildman–Crippen MR) is 166 cm³/mol. The highest BCUT2D eigenvalue weighted by molar-refractivity contribution is 14.1. The number of carbonyl (C=O) groups excluding carboxylic acids is 1. The van der Waals surface area contributed by atoms with E-state index in [1.54, 1.807) is 46.3 Å².